The number of carboxylic acids is 1. The molecule has 1 atom stereocenters. The quantitative estimate of drug-likeness (QED) is 0.888. The first-order chi connectivity index (χ1) is 9.29. The summed E-state index contributed by atoms with van der Waals surface area (Å²) >= 11 is 3.13. The predicted octanol–water partition coefficient (Wildman–Crippen LogP) is 2.76. The fraction of sp³-hybridized carbons (Fsp3) is 0.417. The van der Waals surface area contributed by atoms with Crippen LogP contribution in [-0.2, 0) is 15.7 Å². The molecule has 1 fully saturated rings. The number of halogens is 4. The fourth-order valence-electron chi connectivity index (χ4n) is 2.02. The normalized spacial score (nSPS) is 20.0. The minimum atomic E-state index is -4.49. The molecule has 1 aliphatic rings. The Morgan fingerprint density at radius 2 is 2.15 bits per heavy atom. The van der Waals surface area contributed by atoms with Crippen LogP contribution in [0.25, 0.3) is 0 Å². The molecule has 0 aliphatic carbocycles. The molecule has 0 saturated carbocycles. The summed E-state index contributed by atoms with van der Waals surface area (Å²) < 4.78 is 44.5. The van der Waals surface area contributed by atoms with Gasteiger partial charge in [0.2, 0.25) is 0 Å². The van der Waals surface area contributed by atoms with Crippen LogP contribution >= 0.6 is 15.9 Å². The number of rotatable bonds is 2. The standard InChI is InChI=1S/C12H11BrF3NO3/c13-7-1-2-8(12(14,15)16)9(5-7)17-3-4-20-10(6-17)11(18)19/h1-2,5,10H,3-4,6H2,(H,18,19). The summed E-state index contributed by atoms with van der Waals surface area (Å²) in [4.78, 5) is 12.3. The van der Waals surface area contributed by atoms with Crippen LogP contribution in [0.15, 0.2) is 22.7 Å². The van der Waals surface area contributed by atoms with E-state index >= 15 is 0 Å². The van der Waals surface area contributed by atoms with Crippen molar-refractivity contribution < 1.29 is 27.8 Å². The zero-order valence-corrected chi connectivity index (χ0v) is 11.7. The molecule has 1 saturated heterocycles. The lowest BCUT2D eigenvalue weighted by Gasteiger charge is -2.34. The van der Waals surface area contributed by atoms with E-state index in [0.29, 0.717) is 4.47 Å². The summed E-state index contributed by atoms with van der Waals surface area (Å²) in [6.07, 6.45) is -5.61. The van der Waals surface area contributed by atoms with Gasteiger partial charge in [-0.05, 0) is 18.2 Å². The number of hydrogen-bond donors (Lipinski definition) is 1. The van der Waals surface area contributed by atoms with Crippen molar-refractivity contribution in [3.8, 4) is 0 Å². The van der Waals surface area contributed by atoms with E-state index in [-0.39, 0.29) is 25.4 Å². The number of carbonyl (C=O) groups is 1. The van der Waals surface area contributed by atoms with E-state index in [4.69, 9.17) is 9.84 Å². The minimum Gasteiger partial charge on any atom is -0.479 e. The molecule has 1 aliphatic heterocycles. The second-order valence-electron chi connectivity index (χ2n) is 4.30. The Hall–Kier alpha value is -1.28. The highest BCUT2D eigenvalue weighted by molar-refractivity contribution is 9.10. The monoisotopic (exact) mass is 353 g/mol. The average molecular weight is 354 g/mol. The molecule has 0 aromatic heterocycles. The Morgan fingerprint density at radius 3 is 2.75 bits per heavy atom. The van der Waals surface area contributed by atoms with Crippen LogP contribution in [0, 0.1) is 0 Å². The molecule has 1 aromatic carbocycles. The molecule has 110 valence electrons. The van der Waals surface area contributed by atoms with Crippen LogP contribution in [0.3, 0.4) is 0 Å². The van der Waals surface area contributed by atoms with Crippen LogP contribution in [0.4, 0.5) is 18.9 Å². The van der Waals surface area contributed by atoms with Gasteiger partial charge in [-0.3, -0.25) is 0 Å². The van der Waals surface area contributed by atoms with E-state index in [9.17, 15) is 18.0 Å². The van der Waals surface area contributed by atoms with E-state index in [1.165, 1.54) is 17.0 Å². The van der Waals surface area contributed by atoms with Gasteiger partial charge in [0.25, 0.3) is 0 Å². The molecular formula is C12H11BrF3NO3. The maximum Gasteiger partial charge on any atom is 0.418 e. The van der Waals surface area contributed by atoms with Gasteiger partial charge in [-0.25, -0.2) is 4.79 Å². The maximum absolute atomic E-state index is 13.0. The third-order valence-corrected chi connectivity index (χ3v) is 3.44. The van der Waals surface area contributed by atoms with Crippen molar-refractivity contribution in [2.24, 2.45) is 0 Å². The van der Waals surface area contributed by atoms with Crippen molar-refractivity contribution in [2.45, 2.75) is 12.3 Å². The van der Waals surface area contributed by atoms with Gasteiger partial charge in [0, 0.05) is 11.0 Å². The number of nitrogens with zero attached hydrogens (tertiary/aromatic N) is 1. The number of morpholine rings is 1. The van der Waals surface area contributed by atoms with Crippen LogP contribution in [0.1, 0.15) is 5.56 Å². The summed E-state index contributed by atoms with van der Waals surface area (Å²) in [7, 11) is 0. The average Bonchev–Trinajstić information content (AvgIpc) is 2.37. The van der Waals surface area contributed by atoms with E-state index in [1.54, 1.807) is 0 Å². The molecule has 0 spiro atoms. The summed E-state index contributed by atoms with van der Waals surface area (Å²) in [5, 5.41) is 8.90. The largest absolute Gasteiger partial charge is 0.479 e. The van der Waals surface area contributed by atoms with Crippen LogP contribution in [0.5, 0.6) is 0 Å². The molecule has 20 heavy (non-hydrogen) atoms. The highest BCUT2D eigenvalue weighted by atomic mass is 79.9. The first kappa shape index (κ1) is 15.1. The Labute approximate surface area is 121 Å². The van der Waals surface area contributed by atoms with Crippen molar-refractivity contribution >= 4 is 27.6 Å². The number of carboxylic acid groups (broad SMARTS) is 1. The lowest BCUT2D eigenvalue weighted by atomic mass is 10.1. The molecule has 1 aromatic rings. The van der Waals surface area contributed by atoms with E-state index < -0.39 is 23.8 Å². The number of anilines is 1. The Bertz CT molecular complexity index is 521. The predicted molar refractivity (Wildman–Crippen MR) is 68.7 cm³/mol. The van der Waals surface area contributed by atoms with Gasteiger partial charge in [0.05, 0.1) is 24.4 Å². The Kier molecular flexibility index (Phi) is 4.24. The maximum atomic E-state index is 13.0. The lowest BCUT2D eigenvalue weighted by molar-refractivity contribution is -0.150. The van der Waals surface area contributed by atoms with Gasteiger partial charge in [-0.15, -0.1) is 0 Å². The van der Waals surface area contributed by atoms with E-state index in [1.807, 2.05) is 0 Å². The lowest BCUT2D eigenvalue weighted by Crippen LogP contribution is -2.46. The summed E-state index contributed by atoms with van der Waals surface area (Å²) in [6.45, 7) is 0.166. The first-order valence-electron chi connectivity index (χ1n) is 5.75. The topological polar surface area (TPSA) is 49.8 Å². The molecular weight excluding hydrogens is 343 g/mol. The van der Waals surface area contributed by atoms with Gasteiger partial charge in [0.15, 0.2) is 6.10 Å². The summed E-state index contributed by atoms with van der Waals surface area (Å²) in [6, 6.07) is 3.62. The molecule has 1 N–H and O–H groups in total. The van der Waals surface area contributed by atoms with Gasteiger partial charge < -0.3 is 14.7 Å². The smallest absolute Gasteiger partial charge is 0.418 e. The number of aliphatic carboxylic acids is 1. The third kappa shape index (κ3) is 3.24. The summed E-state index contributed by atoms with van der Waals surface area (Å²) in [5.41, 5.74) is -0.826. The van der Waals surface area contributed by atoms with Crippen LogP contribution in [0.2, 0.25) is 0 Å². The molecule has 8 heteroatoms. The van der Waals surface area contributed by atoms with E-state index in [0.717, 1.165) is 6.07 Å². The van der Waals surface area contributed by atoms with Crippen molar-refractivity contribution in [3.63, 3.8) is 0 Å². The Morgan fingerprint density at radius 1 is 1.45 bits per heavy atom. The molecule has 4 nitrogen and oxygen atoms in total. The van der Waals surface area contributed by atoms with Crippen molar-refractivity contribution in [1.29, 1.82) is 0 Å². The number of hydrogen-bond acceptors (Lipinski definition) is 3. The molecule has 2 rings (SSSR count). The van der Waals surface area contributed by atoms with E-state index in [2.05, 4.69) is 15.9 Å². The van der Waals surface area contributed by atoms with Gasteiger partial charge in [0.1, 0.15) is 0 Å². The number of benzene rings is 1. The zero-order chi connectivity index (χ0) is 14.9. The van der Waals surface area contributed by atoms with Crippen LogP contribution in [-0.4, -0.2) is 36.9 Å². The van der Waals surface area contributed by atoms with Crippen molar-refractivity contribution in [3.05, 3.63) is 28.2 Å². The third-order valence-electron chi connectivity index (χ3n) is 2.95. The second-order valence-corrected chi connectivity index (χ2v) is 5.22. The number of ether oxygens (including phenoxy) is 1. The van der Waals surface area contributed by atoms with Gasteiger partial charge >= 0.3 is 12.1 Å². The van der Waals surface area contributed by atoms with Crippen molar-refractivity contribution in [1.82, 2.24) is 0 Å². The summed E-state index contributed by atoms with van der Waals surface area (Å²) in [5.74, 6) is -1.18. The number of alkyl halides is 3. The minimum absolute atomic E-state index is 0.0403. The fourth-order valence-corrected chi connectivity index (χ4v) is 2.37. The molecule has 0 bridgehead atoms. The SMILES string of the molecule is O=C(O)C1CN(c2cc(Br)ccc2C(F)(F)F)CCO1. The molecule has 0 amide bonds. The highest BCUT2D eigenvalue weighted by Gasteiger charge is 2.36. The van der Waals surface area contributed by atoms with Gasteiger partial charge in [-0.1, -0.05) is 15.9 Å². The first-order valence-corrected chi connectivity index (χ1v) is 6.54. The molecule has 1 unspecified atom stereocenters. The van der Waals surface area contributed by atoms with Crippen LogP contribution < -0.4 is 4.90 Å². The Balaban J connectivity index is 2.36. The van der Waals surface area contributed by atoms with Gasteiger partial charge in [-0.2, -0.15) is 13.2 Å². The van der Waals surface area contributed by atoms with Crippen molar-refractivity contribution in [2.75, 3.05) is 24.6 Å². The molecule has 1 heterocycles. The zero-order valence-electron chi connectivity index (χ0n) is 10.2. The highest BCUT2D eigenvalue weighted by Crippen LogP contribution is 2.38. The molecule has 0 radical (unpaired) electrons. The second kappa shape index (κ2) is 5.61.